The van der Waals surface area contributed by atoms with Crippen LogP contribution in [0, 0.1) is 3.57 Å². The maximum atomic E-state index is 3.60. The number of nitrogens with one attached hydrogen (secondary N) is 1. The standard InChI is InChI=1S/C18H27IN4/c1-21(2)18-14(17-15(19)7-4-8-16(17)20-18)6-5-9-23-12-10-22(3)11-13-23/h4,7-8,20H,5-6,9-13H2,1-3H3. The Morgan fingerprint density at radius 1 is 1.17 bits per heavy atom. The first-order chi connectivity index (χ1) is 11.1. The monoisotopic (exact) mass is 426 g/mol. The first-order valence-electron chi connectivity index (χ1n) is 8.43. The minimum atomic E-state index is 1.14. The van der Waals surface area contributed by atoms with Crippen LogP contribution in [-0.2, 0) is 6.42 Å². The van der Waals surface area contributed by atoms with Gasteiger partial charge in [0.1, 0.15) is 5.82 Å². The number of halogens is 1. The predicted octanol–water partition coefficient (Wildman–Crippen LogP) is 3.02. The molecule has 1 aliphatic heterocycles. The Labute approximate surface area is 153 Å². The molecule has 0 aliphatic carbocycles. The highest BCUT2D eigenvalue weighted by atomic mass is 127. The number of H-pyrrole nitrogens is 1. The van der Waals surface area contributed by atoms with Gasteiger partial charge in [-0.1, -0.05) is 6.07 Å². The van der Waals surface area contributed by atoms with Gasteiger partial charge < -0.3 is 19.7 Å². The molecule has 2 heterocycles. The van der Waals surface area contributed by atoms with E-state index in [1.165, 1.54) is 65.0 Å². The van der Waals surface area contributed by atoms with Crippen LogP contribution in [0.5, 0.6) is 0 Å². The average Bonchev–Trinajstić information content (AvgIpc) is 2.90. The van der Waals surface area contributed by atoms with E-state index in [-0.39, 0.29) is 0 Å². The second-order valence-electron chi connectivity index (χ2n) is 6.76. The van der Waals surface area contributed by atoms with Crippen molar-refractivity contribution in [3.63, 3.8) is 0 Å². The zero-order chi connectivity index (χ0) is 16.4. The third-order valence-electron chi connectivity index (χ3n) is 4.80. The predicted molar refractivity (Wildman–Crippen MR) is 108 cm³/mol. The molecule has 3 rings (SSSR count). The third-order valence-corrected chi connectivity index (χ3v) is 5.70. The summed E-state index contributed by atoms with van der Waals surface area (Å²) in [6.07, 6.45) is 2.36. The topological polar surface area (TPSA) is 25.5 Å². The van der Waals surface area contributed by atoms with Crippen LogP contribution in [-0.4, -0.2) is 68.7 Å². The van der Waals surface area contributed by atoms with Gasteiger partial charge >= 0.3 is 0 Å². The molecule has 2 aromatic rings. The van der Waals surface area contributed by atoms with Crippen molar-refractivity contribution in [1.29, 1.82) is 0 Å². The number of piperazine rings is 1. The highest BCUT2D eigenvalue weighted by Gasteiger charge is 2.17. The molecule has 1 N–H and O–H groups in total. The molecule has 1 aromatic carbocycles. The van der Waals surface area contributed by atoms with Gasteiger partial charge in [-0.05, 0) is 61.2 Å². The largest absolute Gasteiger partial charge is 0.364 e. The Kier molecular flexibility index (Phi) is 5.49. The Morgan fingerprint density at radius 3 is 2.61 bits per heavy atom. The molecule has 4 nitrogen and oxygen atoms in total. The van der Waals surface area contributed by atoms with E-state index in [0.717, 1.165) is 6.42 Å². The Bertz CT molecular complexity index is 656. The van der Waals surface area contributed by atoms with Gasteiger partial charge in [0.15, 0.2) is 0 Å². The molecule has 5 heteroatoms. The summed E-state index contributed by atoms with van der Waals surface area (Å²) >= 11 is 2.46. The van der Waals surface area contributed by atoms with Crippen LogP contribution in [0.1, 0.15) is 12.0 Å². The fourth-order valence-electron chi connectivity index (χ4n) is 3.43. The highest BCUT2D eigenvalue weighted by Crippen LogP contribution is 2.32. The molecule has 126 valence electrons. The molecule has 23 heavy (non-hydrogen) atoms. The van der Waals surface area contributed by atoms with Crippen molar-refractivity contribution in [1.82, 2.24) is 14.8 Å². The summed E-state index contributed by atoms with van der Waals surface area (Å²) in [7, 11) is 6.47. The number of benzene rings is 1. The summed E-state index contributed by atoms with van der Waals surface area (Å²) in [5.74, 6) is 1.27. The molecular weight excluding hydrogens is 399 g/mol. The van der Waals surface area contributed by atoms with E-state index >= 15 is 0 Å². The van der Waals surface area contributed by atoms with Crippen molar-refractivity contribution in [3.05, 3.63) is 27.3 Å². The van der Waals surface area contributed by atoms with Crippen LogP contribution in [0.25, 0.3) is 10.9 Å². The third kappa shape index (κ3) is 3.83. The van der Waals surface area contributed by atoms with Crippen molar-refractivity contribution < 1.29 is 0 Å². The highest BCUT2D eigenvalue weighted by molar-refractivity contribution is 14.1. The number of rotatable bonds is 5. The van der Waals surface area contributed by atoms with E-state index in [1.807, 2.05) is 0 Å². The summed E-state index contributed by atoms with van der Waals surface area (Å²) < 4.78 is 1.35. The van der Waals surface area contributed by atoms with Crippen LogP contribution in [0.4, 0.5) is 5.82 Å². The molecule has 1 aromatic heterocycles. The SMILES string of the molecule is CN1CCN(CCCc2c(N(C)C)[nH]c3cccc(I)c23)CC1. The number of aryl methyl sites for hydroxylation is 1. The number of aromatic amines is 1. The summed E-state index contributed by atoms with van der Waals surface area (Å²) in [5.41, 5.74) is 2.74. The lowest BCUT2D eigenvalue weighted by Gasteiger charge is -2.32. The van der Waals surface area contributed by atoms with Crippen LogP contribution in [0.2, 0.25) is 0 Å². The first-order valence-corrected chi connectivity index (χ1v) is 9.51. The molecule has 0 atom stereocenters. The summed E-state index contributed by atoms with van der Waals surface area (Å²) in [4.78, 5) is 10.8. The smallest absolute Gasteiger partial charge is 0.109 e. The summed E-state index contributed by atoms with van der Waals surface area (Å²) in [6, 6.07) is 6.53. The molecule has 1 saturated heterocycles. The number of likely N-dealkylation sites (N-methyl/N-ethyl adjacent to an activating group) is 1. The number of aromatic nitrogens is 1. The molecule has 0 saturated carbocycles. The van der Waals surface area contributed by atoms with Crippen LogP contribution < -0.4 is 4.90 Å². The van der Waals surface area contributed by atoms with Gasteiger partial charge in [-0.25, -0.2) is 0 Å². The second-order valence-corrected chi connectivity index (χ2v) is 7.92. The van der Waals surface area contributed by atoms with E-state index in [0.29, 0.717) is 0 Å². The van der Waals surface area contributed by atoms with E-state index in [4.69, 9.17) is 0 Å². The normalized spacial score (nSPS) is 17.0. The van der Waals surface area contributed by atoms with Gasteiger partial charge in [-0.15, -0.1) is 0 Å². The maximum Gasteiger partial charge on any atom is 0.109 e. The number of anilines is 1. The second kappa shape index (κ2) is 7.40. The minimum absolute atomic E-state index is 1.14. The number of hydrogen-bond acceptors (Lipinski definition) is 3. The molecule has 0 amide bonds. The lowest BCUT2D eigenvalue weighted by atomic mass is 10.1. The first kappa shape index (κ1) is 17.0. The fraction of sp³-hybridized carbons (Fsp3) is 0.556. The van der Waals surface area contributed by atoms with Gasteiger partial charge in [0.05, 0.1) is 0 Å². The zero-order valence-corrected chi connectivity index (χ0v) is 16.6. The lowest BCUT2D eigenvalue weighted by Crippen LogP contribution is -2.44. The Hall–Kier alpha value is -0.790. The van der Waals surface area contributed by atoms with E-state index in [9.17, 15) is 0 Å². The Balaban J connectivity index is 1.72. The van der Waals surface area contributed by atoms with Gasteiger partial charge in [0.2, 0.25) is 0 Å². The van der Waals surface area contributed by atoms with E-state index < -0.39 is 0 Å². The fourth-order valence-corrected chi connectivity index (χ4v) is 4.26. The zero-order valence-electron chi connectivity index (χ0n) is 14.4. The van der Waals surface area contributed by atoms with Crippen molar-refractivity contribution >= 4 is 39.3 Å². The van der Waals surface area contributed by atoms with E-state index in [1.54, 1.807) is 0 Å². The average molecular weight is 426 g/mol. The number of hydrogen-bond donors (Lipinski definition) is 1. The Morgan fingerprint density at radius 2 is 1.91 bits per heavy atom. The van der Waals surface area contributed by atoms with Crippen LogP contribution in [0.3, 0.4) is 0 Å². The molecular formula is C18H27IN4. The molecule has 0 bridgehead atoms. The lowest BCUT2D eigenvalue weighted by molar-refractivity contribution is 0.153. The van der Waals surface area contributed by atoms with Crippen molar-refractivity contribution in [3.8, 4) is 0 Å². The molecule has 0 unspecified atom stereocenters. The van der Waals surface area contributed by atoms with Crippen LogP contribution in [0.15, 0.2) is 18.2 Å². The van der Waals surface area contributed by atoms with Gasteiger partial charge in [-0.3, -0.25) is 0 Å². The molecule has 1 fully saturated rings. The van der Waals surface area contributed by atoms with Crippen molar-refractivity contribution in [2.45, 2.75) is 12.8 Å². The van der Waals surface area contributed by atoms with Gasteiger partial charge in [0, 0.05) is 60.3 Å². The quantitative estimate of drug-likeness (QED) is 0.745. The number of fused-ring (bicyclic) bond motifs is 1. The molecule has 0 radical (unpaired) electrons. The minimum Gasteiger partial charge on any atom is -0.364 e. The van der Waals surface area contributed by atoms with Crippen molar-refractivity contribution in [2.75, 3.05) is 58.8 Å². The summed E-state index contributed by atoms with van der Waals surface area (Å²) in [5, 5.41) is 1.41. The van der Waals surface area contributed by atoms with Crippen LogP contribution >= 0.6 is 22.6 Å². The van der Waals surface area contributed by atoms with Crippen molar-refractivity contribution in [2.24, 2.45) is 0 Å². The molecule has 1 aliphatic rings. The van der Waals surface area contributed by atoms with Gasteiger partial charge in [-0.2, -0.15) is 0 Å². The number of nitrogens with zero attached hydrogens (tertiary/aromatic N) is 3. The maximum absolute atomic E-state index is 3.60. The van der Waals surface area contributed by atoms with E-state index in [2.05, 4.69) is 81.6 Å². The molecule has 0 spiro atoms. The summed E-state index contributed by atoms with van der Waals surface area (Å²) in [6.45, 7) is 6.03. The van der Waals surface area contributed by atoms with Gasteiger partial charge in [0.25, 0.3) is 0 Å².